The van der Waals surface area contributed by atoms with Crippen molar-refractivity contribution in [3.63, 3.8) is 0 Å². The minimum Gasteiger partial charge on any atom is -0.393 e. The van der Waals surface area contributed by atoms with E-state index in [1.54, 1.807) is 0 Å². The summed E-state index contributed by atoms with van der Waals surface area (Å²) in [4.78, 5) is 0. The first-order valence-corrected chi connectivity index (χ1v) is 5.26. The van der Waals surface area contributed by atoms with Crippen LogP contribution in [-0.2, 0) is 0 Å². The minimum atomic E-state index is -0.0266. The average Bonchev–Trinajstić information content (AvgIpc) is 2.21. The first-order valence-electron chi connectivity index (χ1n) is 4.88. The van der Waals surface area contributed by atoms with Crippen LogP contribution >= 0.6 is 11.6 Å². The molecule has 0 atom stereocenters. The van der Waals surface area contributed by atoms with Gasteiger partial charge in [0.25, 0.3) is 0 Å². The maximum atomic E-state index is 8.87. The maximum absolute atomic E-state index is 8.87. The number of hydrogen-bond acceptors (Lipinski definition) is 2. The quantitative estimate of drug-likeness (QED) is 0.692. The predicted molar refractivity (Wildman–Crippen MR) is 59.6 cm³/mol. The van der Waals surface area contributed by atoms with Crippen molar-refractivity contribution >= 4 is 11.6 Å². The lowest BCUT2D eigenvalue weighted by Crippen LogP contribution is -2.30. The Morgan fingerprint density at radius 3 is 2.00 bits per heavy atom. The largest absolute Gasteiger partial charge is 0.393 e. The first-order chi connectivity index (χ1) is 6.79. The van der Waals surface area contributed by atoms with Gasteiger partial charge >= 0.3 is 0 Å². The second kappa shape index (κ2) is 6.82. The molecule has 2 nitrogen and oxygen atoms in total. The molecule has 0 unspecified atom stereocenters. The standard InChI is InChI=1S/C6H5Cl.C5H11NO/c7-6-4-2-1-3-5-6;7-5-1-3-6-4-2-5/h1-5H;5-7H,1-4H2. The third-order valence-corrected chi connectivity index (χ3v) is 2.29. The molecule has 1 aliphatic rings. The average molecular weight is 214 g/mol. The molecule has 1 heterocycles. The van der Waals surface area contributed by atoms with E-state index in [1.165, 1.54) is 0 Å². The van der Waals surface area contributed by atoms with Gasteiger partial charge in [0.15, 0.2) is 0 Å². The Hall–Kier alpha value is -0.570. The number of aliphatic hydroxyl groups is 1. The van der Waals surface area contributed by atoms with E-state index in [4.69, 9.17) is 16.7 Å². The Morgan fingerprint density at radius 2 is 1.71 bits per heavy atom. The van der Waals surface area contributed by atoms with Crippen molar-refractivity contribution in [1.29, 1.82) is 0 Å². The van der Waals surface area contributed by atoms with Crippen molar-refractivity contribution in [3.8, 4) is 0 Å². The van der Waals surface area contributed by atoms with Gasteiger partial charge in [0.2, 0.25) is 0 Å². The van der Waals surface area contributed by atoms with Crippen molar-refractivity contribution < 1.29 is 5.11 Å². The normalized spacial score (nSPS) is 17.0. The zero-order chi connectivity index (χ0) is 10.2. The summed E-state index contributed by atoms with van der Waals surface area (Å²) in [5.74, 6) is 0. The molecule has 0 spiro atoms. The molecule has 1 aromatic rings. The molecule has 0 aromatic heterocycles. The summed E-state index contributed by atoms with van der Waals surface area (Å²) in [5.41, 5.74) is 0. The third-order valence-electron chi connectivity index (χ3n) is 2.04. The highest BCUT2D eigenvalue weighted by Crippen LogP contribution is 2.03. The van der Waals surface area contributed by atoms with Crippen molar-refractivity contribution in [3.05, 3.63) is 35.4 Å². The van der Waals surface area contributed by atoms with Crippen molar-refractivity contribution in [2.24, 2.45) is 0 Å². The summed E-state index contributed by atoms with van der Waals surface area (Å²) in [6.45, 7) is 1.97. The first kappa shape index (κ1) is 11.5. The highest BCUT2D eigenvalue weighted by atomic mass is 35.5. The van der Waals surface area contributed by atoms with Crippen LogP contribution in [0.25, 0.3) is 0 Å². The molecule has 0 radical (unpaired) electrons. The van der Waals surface area contributed by atoms with E-state index in [-0.39, 0.29) is 6.10 Å². The number of aliphatic hydroxyl groups excluding tert-OH is 1. The van der Waals surface area contributed by atoms with Gasteiger partial charge in [0.1, 0.15) is 0 Å². The molecule has 1 aromatic carbocycles. The SMILES string of the molecule is Clc1ccccc1.OC1CCNCC1. The number of rotatable bonds is 0. The topological polar surface area (TPSA) is 32.3 Å². The molecule has 14 heavy (non-hydrogen) atoms. The molecule has 1 aliphatic heterocycles. The van der Waals surface area contributed by atoms with E-state index in [2.05, 4.69) is 5.32 Å². The van der Waals surface area contributed by atoms with Gasteiger partial charge in [-0.2, -0.15) is 0 Å². The van der Waals surface area contributed by atoms with E-state index in [9.17, 15) is 0 Å². The smallest absolute Gasteiger partial charge is 0.0564 e. The van der Waals surface area contributed by atoms with Gasteiger partial charge in [0, 0.05) is 5.02 Å². The second-order valence-corrected chi connectivity index (χ2v) is 3.71. The monoisotopic (exact) mass is 213 g/mol. The Balaban J connectivity index is 0.000000140. The third kappa shape index (κ3) is 5.22. The Labute approximate surface area is 89.9 Å². The van der Waals surface area contributed by atoms with Crippen molar-refractivity contribution in [2.45, 2.75) is 18.9 Å². The lowest BCUT2D eigenvalue weighted by Gasteiger charge is -2.16. The van der Waals surface area contributed by atoms with E-state index >= 15 is 0 Å². The molecule has 0 bridgehead atoms. The second-order valence-electron chi connectivity index (χ2n) is 3.28. The lowest BCUT2D eigenvalue weighted by molar-refractivity contribution is 0.137. The molecule has 2 N–H and O–H groups in total. The summed E-state index contributed by atoms with van der Waals surface area (Å²) >= 11 is 5.54. The van der Waals surface area contributed by atoms with Crippen LogP contribution in [0.2, 0.25) is 5.02 Å². The van der Waals surface area contributed by atoms with Gasteiger partial charge in [-0.1, -0.05) is 29.8 Å². The fourth-order valence-electron chi connectivity index (χ4n) is 1.22. The molecule has 1 fully saturated rings. The fraction of sp³-hybridized carbons (Fsp3) is 0.455. The summed E-state index contributed by atoms with van der Waals surface area (Å²) in [6, 6.07) is 9.44. The summed E-state index contributed by atoms with van der Waals surface area (Å²) in [6.07, 6.45) is 1.83. The van der Waals surface area contributed by atoms with E-state index < -0.39 is 0 Å². The summed E-state index contributed by atoms with van der Waals surface area (Å²) < 4.78 is 0. The molecule has 0 saturated carbocycles. The summed E-state index contributed by atoms with van der Waals surface area (Å²) in [5, 5.41) is 12.8. The zero-order valence-electron chi connectivity index (χ0n) is 8.12. The number of halogens is 1. The zero-order valence-corrected chi connectivity index (χ0v) is 8.87. The van der Waals surface area contributed by atoms with Crippen LogP contribution in [0.15, 0.2) is 30.3 Å². The van der Waals surface area contributed by atoms with Gasteiger partial charge < -0.3 is 10.4 Å². The van der Waals surface area contributed by atoms with Crippen molar-refractivity contribution in [2.75, 3.05) is 13.1 Å². The predicted octanol–water partition coefficient (Wildman–Crippen LogP) is 2.07. The van der Waals surface area contributed by atoms with Crippen LogP contribution in [-0.4, -0.2) is 24.3 Å². The molecule has 1 saturated heterocycles. The van der Waals surface area contributed by atoms with Crippen LogP contribution in [0.4, 0.5) is 0 Å². The maximum Gasteiger partial charge on any atom is 0.0564 e. The van der Waals surface area contributed by atoms with Gasteiger partial charge in [-0.05, 0) is 38.1 Å². The van der Waals surface area contributed by atoms with Gasteiger partial charge in [-0.3, -0.25) is 0 Å². The molecule has 0 amide bonds. The molecule has 78 valence electrons. The van der Waals surface area contributed by atoms with Crippen LogP contribution < -0.4 is 5.32 Å². The van der Waals surface area contributed by atoms with E-state index in [0.717, 1.165) is 31.0 Å². The number of benzene rings is 1. The van der Waals surface area contributed by atoms with E-state index in [1.807, 2.05) is 30.3 Å². The van der Waals surface area contributed by atoms with Gasteiger partial charge in [-0.25, -0.2) is 0 Å². The van der Waals surface area contributed by atoms with E-state index in [0.29, 0.717) is 0 Å². The number of piperidine rings is 1. The van der Waals surface area contributed by atoms with Gasteiger partial charge in [-0.15, -0.1) is 0 Å². The highest BCUT2D eigenvalue weighted by molar-refractivity contribution is 6.30. The van der Waals surface area contributed by atoms with Crippen molar-refractivity contribution in [1.82, 2.24) is 5.32 Å². The van der Waals surface area contributed by atoms with Crippen LogP contribution in [0, 0.1) is 0 Å². The van der Waals surface area contributed by atoms with Crippen LogP contribution in [0.1, 0.15) is 12.8 Å². The molecule has 2 rings (SSSR count). The number of hydrogen-bond donors (Lipinski definition) is 2. The highest BCUT2D eigenvalue weighted by Gasteiger charge is 2.06. The molecular weight excluding hydrogens is 198 g/mol. The van der Waals surface area contributed by atoms with Gasteiger partial charge in [0.05, 0.1) is 6.10 Å². The summed E-state index contributed by atoms with van der Waals surface area (Å²) in [7, 11) is 0. The Kier molecular flexibility index (Phi) is 5.60. The van der Waals surface area contributed by atoms with Crippen LogP contribution in [0.3, 0.4) is 0 Å². The Bertz CT molecular complexity index is 234. The lowest BCUT2D eigenvalue weighted by atomic mass is 10.1. The molecule has 0 aliphatic carbocycles. The minimum absolute atomic E-state index is 0.0266. The number of nitrogens with one attached hydrogen (secondary N) is 1. The molecular formula is C11H16ClNO. The Morgan fingerprint density at radius 1 is 1.14 bits per heavy atom. The fourth-order valence-corrected chi connectivity index (χ4v) is 1.37. The van der Waals surface area contributed by atoms with Crippen LogP contribution in [0.5, 0.6) is 0 Å². The molecule has 3 heteroatoms.